The second-order valence-corrected chi connectivity index (χ2v) is 5.22. The Kier molecular flexibility index (Phi) is 3.71. The number of nitrogens with zero attached hydrogens (tertiary/aromatic N) is 1. The Hall–Kier alpha value is -2.57. The minimum absolute atomic E-state index is 0.0996. The third-order valence-electron chi connectivity index (χ3n) is 3.59. The van der Waals surface area contributed by atoms with Gasteiger partial charge in [-0.05, 0) is 24.6 Å². The van der Waals surface area contributed by atoms with Gasteiger partial charge in [-0.2, -0.15) is 13.2 Å². The van der Waals surface area contributed by atoms with Crippen molar-refractivity contribution in [1.29, 1.82) is 0 Å². The fourth-order valence-electron chi connectivity index (χ4n) is 2.59. The number of ether oxygens (including phenoxy) is 1. The van der Waals surface area contributed by atoms with E-state index >= 15 is 0 Å². The first kappa shape index (κ1) is 15.3. The Balaban J connectivity index is 2.09. The van der Waals surface area contributed by atoms with Crippen LogP contribution in [-0.2, 0) is 6.54 Å². The van der Waals surface area contributed by atoms with Gasteiger partial charge >= 0.3 is 6.18 Å². The van der Waals surface area contributed by atoms with Gasteiger partial charge in [0, 0.05) is 29.4 Å². The van der Waals surface area contributed by atoms with Crippen LogP contribution in [-0.4, -0.2) is 23.7 Å². The van der Waals surface area contributed by atoms with Gasteiger partial charge in [-0.1, -0.05) is 12.1 Å². The van der Waals surface area contributed by atoms with Crippen LogP contribution in [0.2, 0.25) is 0 Å². The quantitative estimate of drug-likeness (QED) is 0.944. The van der Waals surface area contributed by atoms with Crippen molar-refractivity contribution < 1.29 is 22.7 Å². The van der Waals surface area contributed by atoms with E-state index in [9.17, 15) is 18.0 Å². The average molecular weight is 322 g/mol. The molecule has 2 heterocycles. The maximum atomic E-state index is 12.5. The highest BCUT2D eigenvalue weighted by Crippen LogP contribution is 2.36. The molecule has 1 amide bonds. The van der Waals surface area contributed by atoms with Crippen molar-refractivity contribution in [2.24, 2.45) is 0 Å². The minimum atomic E-state index is -4.43. The maximum absolute atomic E-state index is 12.5. The van der Waals surface area contributed by atoms with E-state index in [1.165, 1.54) is 12.3 Å². The van der Waals surface area contributed by atoms with Crippen molar-refractivity contribution in [3.05, 3.63) is 47.2 Å². The molecule has 0 fully saturated rings. The molecule has 1 aliphatic heterocycles. The van der Waals surface area contributed by atoms with E-state index in [1.807, 2.05) is 0 Å². The summed E-state index contributed by atoms with van der Waals surface area (Å²) >= 11 is 0. The standard InChI is InChI=1S/C16H13F3N2O2/c1-9-3-2-4-12(23-8-16(17,18)19)13(9)14-11-7-21-15(22)10(11)5-6-20-14/h2-6H,7-8H2,1H3,(H,21,22). The van der Waals surface area contributed by atoms with Crippen LogP contribution in [0.1, 0.15) is 21.5 Å². The third kappa shape index (κ3) is 2.99. The fraction of sp³-hybridized carbons (Fsp3) is 0.250. The van der Waals surface area contributed by atoms with E-state index in [0.29, 0.717) is 28.9 Å². The molecule has 0 spiro atoms. The number of carbonyl (C=O) groups excluding carboxylic acids is 1. The van der Waals surface area contributed by atoms with E-state index in [2.05, 4.69) is 10.3 Å². The molecule has 1 aliphatic rings. The van der Waals surface area contributed by atoms with Crippen LogP contribution in [0, 0.1) is 6.92 Å². The predicted octanol–water partition coefficient (Wildman–Crippen LogP) is 3.24. The van der Waals surface area contributed by atoms with Crippen molar-refractivity contribution in [3.63, 3.8) is 0 Å². The smallest absolute Gasteiger partial charge is 0.422 e. The number of aromatic nitrogens is 1. The molecule has 3 rings (SSSR count). The Labute approximate surface area is 130 Å². The third-order valence-corrected chi connectivity index (χ3v) is 3.59. The van der Waals surface area contributed by atoms with Gasteiger partial charge in [-0.15, -0.1) is 0 Å². The molecule has 0 saturated heterocycles. The molecule has 0 saturated carbocycles. The molecule has 1 N–H and O–H groups in total. The van der Waals surface area contributed by atoms with Crippen molar-refractivity contribution in [2.75, 3.05) is 6.61 Å². The van der Waals surface area contributed by atoms with Gasteiger partial charge in [0.1, 0.15) is 5.75 Å². The number of aryl methyl sites for hydroxylation is 1. The first-order chi connectivity index (χ1) is 10.9. The lowest BCUT2D eigenvalue weighted by molar-refractivity contribution is -0.153. The molecule has 0 bridgehead atoms. The lowest BCUT2D eigenvalue weighted by Gasteiger charge is -2.16. The molecule has 1 aromatic carbocycles. The average Bonchev–Trinajstić information content (AvgIpc) is 2.86. The molecule has 0 radical (unpaired) electrons. The van der Waals surface area contributed by atoms with Crippen LogP contribution in [0.5, 0.6) is 5.75 Å². The molecular weight excluding hydrogens is 309 g/mol. The monoisotopic (exact) mass is 322 g/mol. The summed E-state index contributed by atoms with van der Waals surface area (Å²) in [4.78, 5) is 16.0. The number of halogens is 3. The number of alkyl halides is 3. The summed E-state index contributed by atoms with van der Waals surface area (Å²) in [6.45, 7) is 0.682. The second kappa shape index (κ2) is 5.57. The first-order valence-electron chi connectivity index (χ1n) is 6.92. The van der Waals surface area contributed by atoms with Gasteiger partial charge in [0.2, 0.25) is 0 Å². The number of carbonyl (C=O) groups is 1. The van der Waals surface area contributed by atoms with Crippen molar-refractivity contribution in [2.45, 2.75) is 19.6 Å². The highest BCUT2D eigenvalue weighted by molar-refractivity contribution is 6.00. The number of pyridine rings is 1. The molecule has 0 aliphatic carbocycles. The van der Waals surface area contributed by atoms with Crippen molar-refractivity contribution in [3.8, 4) is 17.0 Å². The minimum Gasteiger partial charge on any atom is -0.483 e. The number of rotatable bonds is 3. The number of hydrogen-bond acceptors (Lipinski definition) is 3. The van der Waals surface area contributed by atoms with E-state index in [-0.39, 0.29) is 11.7 Å². The molecule has 7 heteroatoms. The van der Waals surface area contributed by atoms with Crippen LogP contribution in [0.25, 0.3) is 11.3 Å². The number of amides is 1. The molecule has 23 heavy (non-hydrogen) atoms. The van der Waals surface area contributed by atoms with Gasteiger partial charge < -0.3 is 10.1 Å². The van der Waals surface area contributed by atoms with Crippen LogP contribution in [0.4, 0.5) is 13.2 Å². The van der Waals surface area contributed by atoms with Crippen LogP contribution < -0.4 is 10.1 Å². The normalized spacial score (nSPS) is 13.7. The summed E-state index contributed by atoms with van der Waals surface area (Å²) in [6, 6.07) is 6.45. The zero-order valence-corrected chi connectivity index (χ0v) is 12.2. The van der Waals surface area contributed by atoms with Gasteiger partial charge in [0.15, 0.2) is 6.61 Å². The van der Waals surface area contributed by atoms with E-state index < -0.39 is 12.8 Å². The highest BCUT2D eigenvalue weighted by atomic mass is 19.4. The maximum Gasteiger partial charge on any atom is 0.422 e. The van der Waals surface area contributed by atoms with E-state index in [1.54, 1.807) is 25.1 Å². The first-order valence-corrected chi connectivity index (χ1v) is 6.92. The molecule has 1 aromatic heterocycles. The SMILES string of the molecule is Cc1cccc(OCC(F)(F)F)c1-c1nccc2c1CNC2=O. The van der Waals surface area contributed by atoms with Gasteiger partial charge in [-0.3, -0.25) is 9.78 Å². The van der Waals surface area contributed by atoms with Gasteiger partial charge in [0.25, 0.3) is 5.91 Å². The van der Waals surface area contributed by atoms with E-state index in [0.717, 1.165) is 5.56 Å². The Morgan fingerprint density at radius 1 is 1.30 bits per heavy atom. The lowest BCUT2D eigenvalue weighted by atomic mass is 9.98. The summed E-state index contributed by atoms with van der Waals surface area (Å²) in [5, 5.41) is 2.69. The van der Waals surface area contributed by atoms with E-state index in [4.69, 9.17) is 4.74 Å². The zero-order valence-electron chi connectivity index (χ0n) is 12.2. The Bertz CT molecular complexity index is 772. The molecule has 0 unspecified atom stereocenters. The summed E-state index contributed by atoms with van der Waals surface area (Å²) in [6.07, 6.45) is -2.95. The van der Waals surface area contributed by atoms with Crippen LogP contribution in [0.15, 0.2) is 30.5 Å². The van der Waals surface area contributed by atoms with Gasteiger partial charge in [0.05, 0.1) is 5.69 Å². The molecular formula is C16H13F3N2O2. The fourth-order valence-corrected chi connectivity index (χ4v) is 2.59. The number of hydrogen-bond donors (Lipinski definition) is 1. The highest BCUT2D eigenvalue weighted by Gasteiger charge is 2.30. The number of nitrogens with one attached hydrogen (secondary N) is 1. The largest absolute Gasteiger partial charge is 0.483 e. The number of fused-ring (bicyclic) bond motifs is 1. The summed E-state index contributed by atoms with van der Waals surface area (Å²) in [7, 11) is 0. The zero-order chi connectivity index (χ0) is 16.6. The molecule has 4 nitrogen and oxygen atoms in total. The van der Waals surface area contributed by atoms with Crippen molar-refractivity contribution in [1.82, 2.24) is 10.3 Å². The van der Waals surface area contributed by atoms with Crippen LogP contribution >= 0.6 is 0 Å². The summed E-state index contributed by atoms with van der Waals surface area (Å²) in [5.74, 6) is -0.113. The molecule has 2 aromatic rings. The van der Waals surface area contributed by atoms with Gasteiger partial charge in [-0.25, -0.2) is 0 Å². The topological polar surface area (TPSA) is 51.2 Å². The number of benzene rings is 1. The predicted molar refractivity (Wildman–Crippen MR) is 77.1 cm³/mol. The summed E-state index contributed by atoms with van der Waals surface area (Å²) < 4.78 is 42.3. The van der Waals surface area contributed by atoms with Crippen LogP contribution in [0.3, 0.4) is 0 Å². The Morgan fingerprint density at radius 3 is 2.83 bits per heavy atom. The lowest BCUT2D eigenvalue weighted by Crippen LogP contribution is -2.19. The molecule has 120 valence electrons. The Morgan fingerprint density at radius 2 is 2.09 bits per heavy atom. The molecule has 0 atom stereocenters. The summed E-state index contributed by atoms with van der Waals surface area (Å²) in [5.41, 5.74) is 2.83. The van der Waals surface area contributed by atoms with Crippen molar-refractivity contribution >= 4 is 5.91 Å². The second-order valence-electron chi connectivity index (χ2n) is 5.22.